The third kappa shape index (κ3) is 3.66. The molecule has 36 heavy (non-hydrogen) atoms. The number of anilines is 3. The van der Waals surface area contributed by atoms with Crippen LogP contribution in [0.1, 0.15) is 32.4 Å². The molecular weight excluding hydrogens is 478 g/mol. The van der Waals surface area contributed by atoms with Crippen molar-refractivity contribution in [1.29, 1.82) is 0 Å². The van der Waals surface area contributed by atoms with E-state index in [1.165, 1.54) is 18.4 Å². The fourth-order valence-corrected chi connectivity index (χ4v) is 5.99. The Balaban J connectivity index is 1.60. The lowest BCUT2D eigenvalue weighted by Crippen LogP contribution is -2.37. The molecule has 8 nitrogen and oxygen atoms in total. The fraction of sp³-hybridized carbons (Fsp3) is 0.296. The second-order valence-corrected chi connectivity index (χ2v) is 10.3. The molecule has 2 amide bonds. The Morgan fingerprint density at radius 1 is 1.00 bits per heavy atom. The van der Waals surface area contributed by atoms with Gasteiger partial charge in [-0.05, 0) is 49.2 Å². The number of ether oxygens (including phenoxy) is 1. The van der Waals surface area contributed by atoms with Gasteiger partial charge >= 0.3 is 5.97 Å². The standard InChI is InChI=1S/C27H27N3O5S/c1-15-16(2)36-26(20(15)27(33)34-5)29-24(31)21-22(17-11-13-18(14-12-17)28(3)4)30(35-23(21)25(29)32)19-9-7-6-8-10-19/h6-14,21-23H,1-5H3/t21-,22+,23-/m0/s1. The summed E-state index contributed by atoms with van der Waals surface area (Å²) < 4.78 is 4.97. The van der Waals surface area contributed by atoms with Crippen LogP contribution in [0.4, 0.5) is 16.4 Å². The summed E-state index contributed by atoms with van der Waals surface area (Å²) in [4.78, 5) is 50.4. The van der Waals surface area contributed by atoms with Crippen molar-refractivity contribution >= 4 is 45.5 Å². The van der Waals surface area contributed by atoms with E-state index in [-0.39, 0.29) is 10.6 Å². The fourth-order valence-electron chi connectivity index (χ4n) is 4.83. The number of rotatable bonds is 5. The molecule has 5 rings (SSSR count). The van der Waals surface area contributed by atoms with Crippen LogP contribution in [0.25, 0.3) is 0 Å². The molecular formula is C27H27N3O5S. The Bertz CT molecular complexity index is 1340. The first-order valence-electron chi connectivity index (χ1n) is 11.6. The number of carbonyl (C=O) groups is 3. The minimum Gasteiger partial charge on any atom is -0.465 e. The van der Waals surface area contributed by atoms with Crippen molar-refractivity contribution in [2.45, 2.75) is 26.0 Å². The van der Waals surface area contributed by atoms with Gasteiger partial charge in [0.1, 0.15) is 10.9 Å². The van der Waals surface area contributed by atoms with Gasteiger partial charge in [0.2, 0.25) is 5.91 Å². The molecule has 0 spiro atoms. The Kier molecular flexibility index (Phi) is 6.05. The quantitative estimate of drug-likeness (QED) is 0.379. The van der Waals surface area contributed by atoms with Crippen molar-refractivity contribution in [2.75, 3.05) is 36.1 Å². The first kappa shape index (κ1) is 24.0. The number of hydroxylamine groups is 1. The van der Waals surface area contributed by atoms with Gasteiger partial charge in [0.05, 0.1) is 24.4 Å². The van der Waals surface area contributed by atoms with E-state index in [0.717, 1.165) is 26.7 Å². The molecule has 2 saturated heterocycles. The van der Waals surface area contributed by atoms with Gasteiger partial charge in [-0.15, -0.1) is 11.3 Å². The number of carbonyl (C=O) groups excluding carboxylic acids is 3. The van der Waals surface area contributed by atoms with E-state index >= 15 is 0 Å². The average Bonchev–Trinajstić information content (AvgIpc) is 3.49. The number of hydrogen-bond donors (Lipinski definition) is 0. The number of methoxy groups -OCH3 is 1. The first-order chi connectivity index (χ1) is 17.2. The second-order valence-electron chi connectivity index (χ2n) is 9.11. The number of fused-ring (bicyclic) bond motifs is 1. The van der Waals surface area contributed by atoms with Gasteiger partial charge in [0.15, 0.2) is 6.10 Å². The molecule has 0 aliphatic carbocycles. The van der Waals surface area contributed by atoms with E-state index in [4.69, 9.17) is 9.57 Å². The average molecular weight is 506 g/mol. The topological polar surface area (TPSA) is 79.4 Å². The predicted octanol–water partition coefficient (Wildman–Crippen LogP) is 4.27. The molecule has 2 fully saturated rings. The molecule has 1 aromatic heterocycles. The van der Waals surface area contributed by atoms with Gasteiger partial charge in [-0.2, -0.15) is 0 Å². The van der Waals surface area contributed by atoms with E-state index in [9.17, 15) is 14.4 Å². The van der Waals surface area contributed by atoms with Crippen LogP contribution in [0.15, 0.2) is 54.6 Å². The molecule has 9 heteroatoms. The van der Waals surface area contributed by atoms with Crippen LogP contribution in [0, 0.1) is 19.8 Å². The maximum Gasteiger partial charge on any atom is 0.341 e. The van der Waals surface area contributed by atoms with Crippen molar-refractivity contribution in [3.63, 3.8) is 0 Å². The molecule has 0 unspecified atom stereocenters. The second kappa shape index (κ2) is 9.07. The zero-order chi connectivity index (χ0) is 25.7. The molecule has 0 saturated carbocycles. The van der Waals surface area contributed by atoms with E-state index in [1.807, 2.05) is 80.5 Å². The van der Waals surface area contributed by atoms with Gasteiger partial charge in [-0.3, -0.25) is 14.4 Å². The predicted molar refractivity (Wildman–Crippen MR) is 138 cm³/mol. The lowest BCUT2D eigenvalue weighted by Gasteiger charge is -2.29. The maximum atomic E-state index is 14.0. The van der Waals surface area contributed by atoms with Gasteiger partial charge in [-0.1, -0.05) is 30.3 Å². The number of hydrogen-bond acceptors (Lipinski definition) is 8. The van der Waals surface area contributed by atoms with Crippen LogP contribution in [-0.4, -0.2) is 45.1 Å². The zero-order valence-corrected chi connectivity index (χ0v) is 21.5. The third-order valence-electron chi connectivity index (χ3n) is 6.84. The smallest absolute Gasteiger partial charge is 0.341 e. The van der Waals surface area contributed by atoms with Crippen molar-refractivity contribution < 1.29 is 24.0 Å². The third-order valence-corrected chi connectivity index (χ3v) is 8.03. The Morgan fingerprint density at radius 3 is 2.28 bits per heavy atom. The number of thiophene rings is 1. The van der Waals surface area contributed by atoms with Crippen LogP contribution in [0.3, 0.4) is 0 Å². The minimum absolute atomic E-state index is 0.244. The summed E-state index contributed by atoms with van der Waals surface area (Å²) in [6.07, 6.45) is -1.01. The molecule has 186 valence electrons. The van der Waals surface area contributed by atoms with Crippen LogP contribution in [0.2, 0.25) is 0 Å². The van der Waals surface area contributed by atoms with E-state index < -0.39 is 35.8 Å². The lowest BCUT2D eigenvalue weighted by molar-refractivity contribution is -0.126. The number of aryl methyl sites for hydroxylation is 1. The SMILES string of the molecule is COC(=O)c1c(N2C(=O)[C@@H]3[C@H](ON(c4ccccc4)[C@@H]3c3ccc(N(C)C)cc3)C2=O)sc(C)c1C. The largest absolute Gasteiger partial charge is 0.465 e. The summed E-state index contributed by atoms with van der Waals surface area (Å²) in [7, 11) is 5.21. The molecule has 0 N–H and O–H groups in total. The number of nitrogens with zero attached hydrogens (tertiary/aromatic N) is 3. The highest BCUT2D eigenvalue weighted by Gasteiger charge is 2.61. The first-order valence-corrected chi connectivity index (χ1v) is 12.4. The van der Waals surface area contributed by atoms with Gasteiger partial charge < -0.3 is 9.64 Å². The van der Waals surface area contributed by atoms with E-state index in [0.29, 0.717) is 5.56 Å². The number of imide groups is 1. The van der Waals surface area contributed by atoms with Crippen LogP contribution in [-0.2, 0) is 19.2 Å². The minimum atomic E-state index is -1.01. The van der Waals surface area contributed by atoms with E-state index in [1.54, 1.807) is 12.0 Å². The lowest BCUT2D eigenvalue weighted by atomic mass is 9.90. The molecule has 2 aromatic carbocycles. The highest BCUT2D eigenvalue weighted by molar-refractivity contribution is 7.17. The molecule has 0 radical (unpaired) electrons. The van der Waals surface area contributed by atoms with Crippen LogP contribution >= 0.6 is 11.3 Å². The molecule has 3 atom stereocenters. The highest BCUT2D eigenvalue weighted by atomic mass is 32.1. The molecule has 3 heterocycles. The molecule has 3 aromatic rings. The van der Waals surface area contributed by atoms with Gasteiger partial charge in [-0.25, -0.2) is 14.8 Å². The van der Waals surface area contributed by atoms with Crippen LogP contribution < -0.4 is 14.9 Å². The van der Waals surface area contributed by atoms with Crippen molar-refractivity contribution in [2.24, 2.45) is 5.92 Å². The van der Waals surface area contributed by atoms with E-state index in [2.05, 4.69) is 0 Å². The van der Waals surface area contributed by atoms with Crippen molar-refractivity contribution in [3.05, 3.63) is 76.2 Å². The van der Waals surface area contributed by atoms with Crippen molar-refractivity contribution in [1.82, 2.24) is 0 Å². The van der Waals surface area contributed by atoms with Gasteiger partial charge in [0, 0.05) is 24.7 Å². The Hall–Kier alpha value is -3.69. The van der Waals surface area contributed by atoms with Crippen LogP contribution in [0.5, 0.6) is 0 Å². The summed E-state index contributed by atoms with van der Waals surface area (Å²) in [6, 6.07) is 16.8. The summed E-state index contributed by atoms with van der Waals surface area (Å²) in [5.74, 6) is -2.23. The highest BCUT2D eigenvalue weighted by Crippen LogP contribution is 2.49. The summed E-state index contributed by atoms with van der Waals surface area (Å²) in [5, 5.41) is 1.96. The molecule has 0 bridgehead atoms. The van der Waals surface area contributed by atoms with Gasteiger partial charge in [0.25, 0.3) is 5.91 Å². The summed E-state index contributed by atoms with van der Waals surface area (Å²) in [5.41, 5.74) is 3.56. The summed E-state index contributed by atoms with van der Waals surface area (Å²) in [6.45, 7) is 3.64. The van der Waals surface area contributed by atoms with Crippen molar-refractivity contribution in [3.8, 4) is 0 Å². The number of esters is 1. The molecule has 2 aliphatic heterocycles. The number of benzene rings is 2. The normalized spacial score (nSPS) is 21.2. The number of para-hydroxylation sites is 1. The monoisotopic (exact) mass is 505 g/mol. The Morgan fingerprint density at radius 2 is 1.67 bits per heavy atom. The number of amides is 2. The maximum absolute atomic E-state index is 14.0. The molecule has 2 aliphatic rings. The summed E-state index contributed by atoms with van der Waals surface area (Å²) >= 11 is 1.24. The Labute approximate surface area is 213 Å². The zero-order valence-electron chi connectivity index (χ0n) is 20.7.